The van der Waals surface area contributed by atoms with Gasteiger partial charge in [0.15, 0.2) is 0 Å². The number of para-hydroxylation sites is 2. The highest BCUT2D eigenvalue weighted by molar-refractivity contribution is 7.10. The number of thiophene rings is 1. The number of nitrogens with one attached hydrogen (secondary N) is 1. The highest BCUT2D eigenvalue weighted by Crippen LogP contribution is 2.24. The van der Waals surface area contributed by atoms with Gasteiger partial charge in [-0.05, 0) is 30.5 Å². The fraction of sp³-hybridized carbons (Fsp3) is 0.294. The number of aromatic nitrogens is 2. The van der Waals surface area contributed by atoms with Crippen molar-refractivity contribution in [3.05, 3.63) is 53.0 Å². The predicted octanol–water partition coefficient (Wildman–Crippen LogP) is 2.51. The first-order valence-electron chi connectivity index (χ1n) is 7.49. The van der Waals surface area contributed by atoms with Gasteiger partial charge in [-0.3, -0.25) is 4.79 Å². The highest BCUT2D eigenvalue weighted by atomic mass is 32.1. The molecule has 2 aromatic heterocycles. The van der Waals surface area contributed by atoms with E-state index in [0.717, 1.165) is 15.9 Å². The maximum absolute atomic E-state index is 12.0. The summed E-state index contributed by atoms with van der Waals surface area (Å²) in [6.45, 7) is 2.48. The molecule has 2 heterocycles. The summed E-state index contributed by atoms with van der Waals surface area (Å²) in [7, 11) is 0. The number of imidazole rings is 1. The molecule has 3 aromatic rings. The molecule has 1 aromatic carbocycles. The molecule has 1 amide bonds. The normalized spacial score (nSPS) is 13.8. The van der Waals surface area contributed by atoms with E-state index in [-0.39, 0.29) is 12.5 Å². The molecule has 0 radical (unpaired) electrons. The van der Waals surface area contributed by atoms with Crippen LogP contribution in [0.25, 0.3) is 11.0 Å². The summed E-state index contributed by atoms with van der Waals surface area (Å²) in [4.78, 5) is 17.2. The van der Waals surface area contributed by atoms with Gasteiger partial charge in [-0.15, -0.1) is 11.3 Å². The fourth-order valence-corrected chi connectivity index (χ4v) is 3.23. The fourth-order valence-electron chi connectivity index (χ4n) is 2.44. The van der Waals surface area contributed by atoms with Crippen molar-refractivity contribution in [3.8, 4) is 0 Å². The van der Waals surface area contributed by atoms with Gasteiger partial charge in [0.25, 0.3) is 0 Å². The number of aryl methyl sites for hydroxylation is 1. The van der Waals surface area contributed by atoms with Crippen LogP contribution in [-0.4, -0.2) is 27.1 Å². The Morgan fingerprint density at radius 2 is 2.17 bits per heavy atom. The van der Waals surface area contributed by atoms with Crippen molar-refractivity contribution in [2.45, 2.75) is 25.5 Å². The van der Waals surface area contributed by atoms with Crippen LogP contribution in [0.4, 0.5) is 0 Å². The van der Waals surface area contributed by atoms with E-state index >= 15 is 0 Å². The number of carbonyl (C=O) groups is 1. The summed E-state index contributed by atoms with van der Waals surface area (Å²) in [5.74, 6) is -0.0837. The number of hydrogen-bond donors (Lipinski definition) is 2. The van der Waals surface area contributed by atoms with Gasteiger partial charge in [0, 0.05) is 17.8 Å². The maximum Gasteiger partial charge on any atom is 0.221 e. The van der Waals surface area contributed by atoms with Crippen molar-refractivity contribution in [2.24, 2.45) is 0 Å². The second kappa shape index (κ2) is 6.52. The molecule has 0 fully saturated rings. The number of hydrogen-bond acceptors (Lipinski definition) is 4. The molecule has 1 atom stereocenters. The number of nitrogens with zero attached hydrogens (tertiary/aromatic N) is 2. The number of carbonyl (C=O) groups excluding carboxylic acids is 1. The van der Waals surface area contributed by atoms with Gasteiger partial charge in [-0.2, -0.15) is 0 Å². The molecule has 23 heavy (non-hydrogen) atoms. The molecule has 0 aliphatic rings. The van der Waals surface area contributed by atoms with Crippen molar-refractivity contribution in [2.75, 3.05) is 6.54 Å². The van der Waals surface area contributed by atoms with E-state index < -0.39 is 5.60 Å². The lowest BCUT2D eigenvalue weighted by molar-refractivity contribution is -0.122. The van der Waals surface area contributed by atoms with Crippen LogP contribution in [0.2, 0.25) is 0 Å². The lowest BCUT2D eigenvalue weighted by Gasteiger charge is -2.22. The van der Waals surface area contributed by atoms with Crippen LogP contribution in [-0.2, 0) is 16.9 Å². The second-order valence-corrected chi connectivity index (χ2v) is 6.65. The Morgan fingerprint density at radius 3 is 2.96 bits per heavy atom. The third-order valence-electron chi connectivity index (χ3n) is 3.79. The predicted molar refractivity (Wildman–Crippen MR) is 91.2 cm³/mol. The van der Waals surface area contributed by atoms with E-state index in [4.69, 9.17) is 0 Å². The Morgan fingerprint density at radius 1 is 1.35 bits per heavy atom. The van der Waals surface area contributed by atoms with Gasteiger partial charge >= 0.3 is 0 Å². The molecule has 0 saturated carbocycles. The molecule has 2 N–H and O–H groups in total. The van der Waals surface area contributed by atoms with Crippen LogP contribution in [0.3, 0.4) is 0 Å². The average molecular weight is 329 g/mol. The van der Waals surface area contributed by atoms with E-state index in [1.54, 1.807) is 13.3 Å². The summed E-state index contributed by atoms with van der Waals surface area (Å²) in [6, 6.07) is 11.6. The molecular weight excluding hydrogens is 310 g/mol. The largest absolute Gasteiger partial charge is 0.383 e. The first-order valence-corrected chi connectivity index (χ1v) is 8.37. The average Bonchev–Trinajstić information content (AvgIpc) is 3.21. The summed E-state index contributed by atoms with van der Waals surface area (Å²) in [6.07, 6.45) is 2.10. The number of fused-ring (bicyclic) bond motifs is 1. The smallest absolute Gasteiger partial charge is 0.221 e. The van der Waals surface area contributed by atoms with E-state index in [1.165, 1.54) is 11.3 Å². The Hall–Kier alpha value is -2.18. The van der Waals surface area contributed by atoms with Crippen molar-refractivity contribution in [1.29, 1.82) is 0 Å². The Labute approximate surface area is 138 Å². The molecule has 3 rings (SSSR count). The zero-order valence-corrected chi connectivity index (χ0v) is 13.7. The van der Waals surface area contributed by atoms with E-state index in [9.17, 15) is 9.90 Å². The first-order chi connectivity index (χ1) is 11.1. The summed E-state index contributed by atoms with van der Waals surface area (Å²) in [5, 5.41) is 15.1. The third-order valence-corrected chi connectivity index (χ3v) is 4.91. The minimum Gasteiger partial charge on any atom is -0.383 e. The van der Waals surface area contributed by atoms with Gasteiger partial charge < -0.3 is 15.0 Å². The van der Waals surface area contributed by atoms with Crippen molar-refractivity contribution >= 4 is 28.3 Å². The lowest BCUT2D eigenvalue weighted by Crippen LogP contribution is -2.38. The van der Waals surface area contributed by atoms with E-state index in [1.807, 2.05) is 46.3 Å². The van der Waals surface area contributed by atoms with E-state index in [0.29, 0.717) is 13.0 Å². The van der Waals surface area contributed by atoms with Crippen molar-refractivity contribution in [3.63, 3.8) is 0 Å². The second-order valence-electron chi connectivity index (χ2n) is 5.70. The Kier molecular flexibility index (Phi) is 4.45. The minimum atomic E-state index is -1.04. The van der Waals surface area contributed by atoms with Gasteiger partial charge in [0.05, 0.1) is 23.9 Å². The van der Waals surface area contributed by atoms with Crippen LogP contribution in [0.5, 0.6) is 0 Å². The van der Waals surface area contributed by atoms with Gasteiger partial charge in [-0.25, -0.2) is 4.98 Å². The van der Waals surface area contributed by atoms with Crippen molar-refractivity contribution < 1.29 is 9.90 Å². The number of amides is 1. The third kappa shape index (κ3) is 3.60. The zero-order chi connectivity index (χ0) is 16.3. The molecule has 0 unspecified atom stereocenters. The summed E-state index contributed by atoms with van der Waals surface area (Å²) >= 11 is 1.48. The van der Waals surface area contributed by atoms with Crippen molar-refractivity contribution in [1.82, 2.24) is 14.9 Å². The number of benzene rings is 1. The van der Waals surface area contributed by atoms with Crippen LogP contribution in [0, 0.1) is 0 Å². The summed E-state index contributed by atoms with van der Waals surface area (Å²) < 4.78 is 1.96. The molecule has 6 heteroatoms. The molecule has 120 valence electrons. The molecular formula is C17H19N3O2S. The highest BCUT2D eigenvalue weighted by Gasteiger charge is 2.24. The lowest BCUT2D eigenvalue weighted by atomic mass is 10.1. The molecule has 0 saturated heterocycles. The van der Waals surface area contributed by atoms with Crippen LogP contribution >= 0.6 is 11.3 Å². The zero-order valence-electron chi connectivity index (χ0n) is 12.9. The number of rotatable bonds is 6. The van der Waals surface area contributed by atoms with Crippen LogP contribution < -0.4 is 5.32 Å². The first kappa shape index (κ1) is 15.7. The molecule has 0 bridgehead atoms. The topological polar surface area (TPSA) is 67.2 Å². The van der Waals surface area contributed by atoms with Crippen LogP contribution in [0.1, 0.15) is 18.2 Å². The standard InChI is InChI=1S/C17H19N3O2S/c1-17(22,15-7-4-10-23-15)11-18-16(21)8-9-20-12-19-13-5-2-3-6-14(13)20/h2-7,10,12,22H,8-9,11H2,1H3,(H,18,21)/t17-/m0/s1. The molecule has 5 nitrogen and oxygen atoms in total. The van der Waals surface area contributed by atoms with Gasteiger partial charge in [-0.1, -0.05) is 18.2 Å². The molecule has 0 spiro atoms. The van der Waals surface area contributed by atoms with E-state index in [2.05, 4.69) is 10.3 Å². The monoisotopic (exact) mass is 329 g/mol. The molecule has 0 aliphatic heterocycles. The summed E-state index contributed by atoms with van der Waals surface area (Å²) in [5.41, 5.74) is 0.908. The number of aliphatic hydroxyl groups is 1. The van der Waals surface area contributed by atoms with Crippen LogP contribution in [0.15, 0.2) is 48.1 Å². The Bertz CT molecular complexity index is 793. The maximum atomic E-state index is 12.0. The quantitative estimate of drug-likeness (QED) is 0.730. The Balaban J connectivity index is 1.54. The van der Waals surface area contributed by atoms with Gasteiger partial charge in [0.2, 0.25) is 5.91 Å². The minimum absolute atomic E-state index is 0.0837. The van der Waals surface area contributed by atoms with Gasteiger partial charge in [0.1, 0.15) is 5.60 Å². The SMILES string of the molecule is C[C@](O)(CNC(=O)CCn1cnc2ccccc21)c1cccs1. The molecule has 0 aliphatic carbocycles.